The van der Waals surface area contributed by atoms with Crippen LogP contribution in [0, 0.1) is 13.8 Å². The summed E-state index contributed by atoms with van der Waals surface area (Å²) in [6.45, 7) is 6.01. The van der Waals surface area contributed by atoms with Gasteiger partial charge in [-0.25, -0.2) is 0 Å². The number of hydrogen-bond acceptors (Lipinski definition) is 2. The first kappa shape index (κ1) is 15.3. The molecule has 24 heavy (non-hydrogen) atoms. The Morgan fingerprint density at radius 2 is 1.75 bits per heavy atom. The number of benzene rings is 2. The van der Waals surface area contributed by atoms with Gasteiger partial charge in [0.25, 0.3) is 0 Å². The summed E-state index contributed by atoms with van der Waals surface area (Å²) in [6.07, 6.45) is 0. The van der Waals surface area contributed by atoms with Crippen molar-refractivity contribution in [1.29, 1.82) is 0 Å². The number of β-lactam (4-membered cyclic amide) rings is 1. The molecule has 0 aliphatic carbocycles. The molecule has 1 aliphatic rings. The lowest BCUT2D eigenvalue weighted by molar-refractivity contribution is -0.127. The minimum atomic E-state index is -0.697. The van der Waals surface area contributed by atoms with Gasteiger partial charge in [0.2, 0.25) is 5.91 Å². The number of anilines is 1. The molecule has 3 aromatic rings. The molecule has 4 heteroatoms. The highest BCUT2D eigenvalue weighted by Crippen LogP contribution is 2.50. The molecule has 122 valence electrons. The van der Waals surface area contributed by atoms with Crippen molar-refractivity contribution in [3.63, 3.8) is 0 Å². The minimum Gasteiger partial charge on any atom is -0.458 e. The van der Waals surface area contributed by atoms with E-state index >= 15 is 0 Å². The van der Waals surface area contributed by atoms with E-state index in [1.807, 2.05) is 69.3 Å². The van der Waals surface area contributed by atoms with E-state index in [0.717, 1.165) is 33.5 Å². The monoisotopic (exact) mass is 339 g/mol. The van der Waals surface area contributed by atoms with Crippen LogP contribution in [-0.4, -0.2) is 11.3 Å². The van der Waals surface area contributed by atoms with Crippen LogP contribution in [0.4, 0.5) is 5.69 Å². The molecule has 4 rings (SSSR count). The van der Waals surface area contributed by atoms with E-state index in [9.17, 15) is 4.79 Å². The van der Waals surface area contributed by atoms with E-state index in [4.69, 9.17) is 16.0 Å². The molecule has 2 aromatic carbocycles. The van der Waals surface area contributed by atoms with Gasteiger partial charge in [-0.15, -0.1) is 11.6 Å². The summed E-state index contributed by atoms with van der Waals surface area (Å²) in [5, 5.41) is 0.416. The van der Waals surface area contributed by atoms with Crippen LogP contribution in [0.5, 0.6) is 0 Å². The number of carbonyl (C=O) groups excluding carboxylic acids is 1. The highest BCUT2D eigenvalue weighted by Gasteiger charge is 2.60. The van der Waals surface area contributed by atoms with Gasteiger partial charge in [-0.3, -0.25) is 9.69 Å². The number of para-hydroxylation sites is 1. The van der Waals surface area contributed by atoms with Gasteiger partial charge in [-0.2, -0.15) is 0 Å². The fourth-order valence-electron chi connectivity index (χ4n) is 3.59. The van der Waals surface area contributed by atoms with Crippen molar-refractivity contribution in [1.82, 2.24) is 0 Å². The van der Waals surface area contributed by atoms with E-state index in [2.05, 4.69) is 0 Å². The molecule has 1 fully saturated rings. The number of fused-ring (bicyclic) bond motifs is 1. The van der Waals surface area contributed by atoms with Crippen molar-refractivity contribution in [2.24, 2.45) is 0 Å². The predicted octanol–water partition coefficient (Wildman–Crippen LogP) is 4.92. The maximum Gasteiger partial charge on any atom is 0.248 e. The zero-order valence-corrected chi connectivity index (χ0v) is 14.6. The summed E-state index contributed by atoms with van der Waals surface area (Å²) in [5.74, 6) is 0.659. The molecular weight excluding hydrogens is 322 g/mol. The van der Waals surface area contributed by atoms with Crippen LogP contribution in [-0.2, 0) is 10.3 Å². The summed E-state index contributed by atoms with van der Waals surface area (Å²) in [5.41, 5.74) is 3.14. The SMILES string of the molecule is Cc1ccc(N2C(=O)C(Cl)C2(C)c2oc3ccccc3c2C)cc1. The average molecular weight is 340 g/mol. The van der Waals surface area contributed by atoms with Crippen molar-refractivity contribution in [3.8, 4) is 0 Å². The zero-order chi connectivity index (χ0) is 17.1. The molecule has 0 N–H and O–H groups in total. The Labute approximate surface area is 145 Å². The lowest BCUT2D eigenvalue weighted by Crippen LogP contribution is -2.69. The molecule has 0 radical (unpaired) electrons. The third-order valence-electron chi connectivity index (χ3n) is 4.99. The molecule has 2 atom stereocenters. The fourth-order valence-corrected chi connectivity index (χ4v) is 3.89. The number of hydrogen-bond donors (Lipinski definition) is 0. The standard InChI is InChI=1S/C20H18ClNO2/c1-12-8-10-14(11-9-12)22-19(23)17(21)20(22,3)18-13(2)15-6-4-5-7-16(15)24-18/h4-11,17H,1-3H3. The van der Waals surface area contributed by atoms with Crippen LogP contribution in [0.3, 0.4) is 0 Å². The molecular formula is C20H18ClNO2. The van der Waals surface area contributed by atoms with Crippen molar-refractivity contribution in [2.45, 2.75) is 31.7 Å². The van der Waals surface area contributed by atoms with E-state index in [-0.39, 0.29) is 5.91 Å². The quantitative estimate of drug-likeness (QED) is 0.490. The summed E-state index contributed by atoms with van der Waals surface area (Å²) in [4.78, 5) is 14.3. The first-order valence-electron chi connectivity index (χ1n) is 7.98. The van der Waals surface area contributed by atoms with Crippen molar-refractivity contribution in [2.75, 3.05) is 4.90 Å². The highest BCUT2D eigenvalue weighted by molar-refractivity contribution is 6.38. The van der Waals surface area contributed by atoms with E-state index in [1.165, 1.54) is 0 Å². The van der Waals surface area contributed by atoms with Gasteiger partial charge in [-0.1, -0.05) is 35.9 Å². The molecule has 3 nitrogen and oxygen atoms in total. The maximum atomic E-state index is 12.5. The second kappa shape index (κ2) is 5.12. The van der Waals surface area contributed by atoms with Crippen LogP contribution in [0.15, 0.2) is 52.9 Å². The zero-order valence-electron chi connectivity index (χ0n) is 13.8. The Balaban J connectivity index is 1.88. The van der Waals surface area contributed by atoms with Gasteiger partial charge in [-0.05, 0) is 39.0 Å². The Bertz CT molecular complexity index is 944. The van der Waals surface area contributed by atoms with E-state index < -0.39 is 10.9 Å². The maximum absolute atomic E-state index is 12.5. The van der Waals surface area contributed by atoms with Crippen molar-refractivity contribution < 1.29 is 9.21 Å². The molecule has 0 saturated carbocycles. The molecule has 0 bridgehead atoms. The molecule has 1 aromatic heterocycles. The molecule has 1 saturated heterocycles. The Morgan fingerprint density at radius 3 is 2.42 bits per heavy atom. The second-order valence-corrected chi connectivity index (χ2v) is 7.01. The van der Waals surface area contributed by atoms with Crippen LogP contribution in [0.1, 0.15) is 23.8 Å². The molecule has 1 amide bonds. The fraction of sp³-hybridized carbons (Fsp3) is 0.250. The number of amides is 1. The van der Waals surface area contributed by atoms with Gasteiger partial charge in [0.1, 0.15) is 22.3 Å². The van der Waals surface area contributed by atoms with Crippen LogP contribution >= 0.6 is 11.6 Å². The average Bonchev–Trinajstić information content (AvgIpc) is 2.94. The van der Waals surface area contributed by atoms with E-state index in [0.29, 0.717) is 0 Å². The topological polar surface area (TPSA) is 33.5 Å². The molecule has 1 aliphatic heterocycles. The summed E-state index contributed by atoms with van der Waals surface area (Å²) < 4.78 is 6.12. The number of furan rings is 1. The summed E-state index contributed by atoms with van der Waals surface area (Å²) in [6, 6.07) is 15.8. The van der Waals surface area contributed by atoms with Gasteiger partial charge < -0.3 is 4.42 Å². The van der Waals surface area contributed by atoms with Crippen LogP contribution in [0.25, 0.3) is 11.0 Å². The Hall–Kier alpha value is -2.26. The van der Waals surface area contributed by atoms with Gasteiger partial charge in [0.15, 0.2) is 0 Å². The van der Waals surface area contributed by atoms with Gasteiger partial charge in [0, 0.05) is 16.6 Å². The van der Waals surface area contributed by atoms with Crippen molar-refractivity contribution in [3.05, 3.63) is 65.4 Å². The molecule has 0 spiro atoms. The lowest BCUT2D eigenvalue weighted by Gasteiger charge is -2.52. The first-order chi connectivity index (χ1) is 11.4. The number of rotatable bonds is 2. The normalized spacial score (nSPS) is 23.6. The molecule has 2 heterocycles. The highest BCUT2D eigenvalue weighted by atomic mass is 35.5. The Morgan fingerprint density at radius 1 is 1.08 bits per heavy atom. The number of aryl methyl sites for hydroxylation is 2. The third kappa shape index (κ3) is 1.88. The van der Waals surface area contributed by atoms with Crippen LogP contribution in [0.2, 0.25) is 0 Å². The smallest absolute Gasteiger partial charge is 0.248 e. The lowest BCUT2D eigenvalue weighted by atomic mass is 9.80. The first-order valence-corrected chi connectivity index (χ1v) is 8.41. The molecule has 2 unspecified atom stereocenters. The van der Waals surface area contributed by atoms with E-state index in [1.54, 1.807) is 4.90 Å². The summed E-state index contributed by atoms with van der Waals surface area (Å²) in [7, 11) is 0. The number of alkyl halides is 1. The number of halogens is 1. The third-order valence-corrected chi connectivity index (χ3v) is 5.60. The van der Waals surface area contributed by atoms with Crippen molar-refractivity contribution >= 4 is 34.2 Å². The minimum absolute atomic E-state index is 0.0946. The summed E-state index contributed by atoms with van der Waals surface area (Å²) >= 11 is 6.47. The number of nitrogens with zero attached hydrogens (tertiary/aromatic N) is 1. The number of carbonyl (C=O) groups is 1. The van der Waals surface area contributed by atoms with Gasteiger partial charge in [0.05, 0.1) is 0 Å². The second-order valence-electron chi connectivity index (χ2n) is 6.57. The van der Waals surface area contributed by atoms with Gasteiger partial charge >= 0.3 is 0 Å². The van der Waals surface area contributed by atoms with Crippen LogP contribution < -0.4 is 4.90 Å². The Kier molecular flexibility index (Phi) is 3.26. The largest absolute Gasteiger partial charge is 0.458 e. The predicted molar refractivity (Wildman–Crippen MR) is 96.6 cm³/mol.